The average Bonchev–Trinajstić information content (AvgIpc) is 3.29. The van der Waals surface area contributed by atoms with Crippen molar-refractivity contribution in [3.05, 3.63) is 58.2 Å². The van der Waals surface area contributed by atoms with E-state index in [4.69, 9.17) is 16.3 Å². The summed E-state index contributed by atoms with van der Waals surface area (Å²) in [5.41, 5.74) is 5.25. The summed E-state index contributed by atoms with van der Waals surface area (Å²) < 4.78 is 5.52. The van der Waals surface area contributed by atoms with Gasteiger partial charge in [-0.25, -0.2) is 0 Å². The standard InChI is InChI=1S/C20H20ClN3OS/c21-15-4-1-13(2-5-15)16-6-3-14-12-22-23-19(14)20-17(16)11-18(26-20)24-7-9-25-10-8-24/h1-2,4-5,11-12,16H,3,6-10H2,(H,22,23). The number of hydrogen-bond donors (Lipinski definition) is 1. The van der Waals surface area contributed by atoms with E-state index >= 15 is 0 Å². The molecular formula is C20H20ClN3OS. The molecule has 26 heavy (non-hydrogen) atoms. The number of anilines is 1. The Morgan fingerprint density at radius 2 is 2.00 bits per heavy atom. The number of morpholine rings is 1. The number of fused-ring (bicyclic) bond motifs is 3. The molecule has 1 aromatic carbocycles. The summed E-state index contributed by atoms with van der Waals surface area (Å²) in [6.07, 6.45) is 4.10. The van der Waals surface area contributed by atoms with Gasteiger partial charge in [-0.2, -0.15) is 5.10 Å². The molecule has 1 aliphatic carbocycles. The molecule has 3 aromatic rings. The van der Waals surface area contributed by atoms with Crippen LogP contribution in [0.5, 0.6) is 0 Å². The molecule has 134 valence electrons. The van der Waals surface area contributed by atoms with E-state index in [9.17, 15) is 0 Å². The molecule has 0 spiro atoms. The van der Waals surface area contributed by atoms with Gasteiger partial charge in [0.05, 0.1) is 35.0 Å². The Morgan fingerprint density at radius 3 is 2.81 bits per heavy atom. The van der Waals surface area contributed by atoms with Crippen LogP contribution in [-0.4, -0.2) is 36.5 Å². The van der Waals surface area contributed by atoms with Crippen LogP contribution in [0.4, 0.5) is 5.00 Å². The molecule has 1 N–H and O–H groups in total. The summed E-state index contributed by atoms with van der Waals surface area (Å²) in [5, 5.41) is 9.67. The second kappa shape index (κ2) is 6.72. The molecule has 0 radical (unpaired) electrons. The quantitative estimate of drug-likeness (QED) is 0.694. The van der Waals surface area contributed by atoms with E-state index in [1.165, 1.54) is 32.3 Å². The topological polar surface area (TPSA) is 41.2 Å². The molecule has 1 atom stereocenters. The first-order valence-corrected chi connectivity index (χ1v) is 10.2. The average molecular weight is 386 g/mol. The number of hydrogen-bond acceptors (Lipinski definition) is 4. The second-order valence-corrected chi connectivity index (χ2v) is 8.35. The lowest BCUT2D eigenvalue weighted by Gasteiger charge is -2.27. The minimum Gasteiger partial charge on any atom is -0.378 e. The van der Waals surface area contributed by atoms with E-state index in [0.29, 0.717) is 5.92 Å². The Hall–Kier alpha value is -1.82. The minimum atomic E-state index is 0.383. The number of rotatable bonds is 2. The predicted octanol–water partition coefficient (Wildman–Crippen LogP) is 4.71. The Balaban J connectivity index is 1.61. The van der Waals surface area contributed by atoms with Crippen molar-refractivity contribution in [2.75, 3.05) is 31.2 Å². The lowest BCUT2D eigenvalue weighted by Crippen LogP contribution is -2.35. The molecule has 4 nitrogen and oxygen atoms in total. The van der Waals surface area contributed by atoms with Crippen LogP contribution in [0.15, 0.2) is 36.5 Å². The molecule has 0 amide bonds. The summed E-state index contributed by atoms with van der Waals surface area (Å²) in [6.45, 7) is 3.53. The van der Waals surface area contributed by atoms with Gasteiger partial charge >= 0.3 is 0 Å². The summed E-state index contributed by atoms with van der Waals surface area (Å²) >= 11 is 7.99. The van der Waals surface area contributed by atoms with Gasteiger partial charge in [0, 0.05) is 24.0 Å². The zero-order valence-corrected chi connectivity index (χ0v) is 15.9. The van der Waals surface area contributed by atoms with Crippen molar-refractivity contribution in [3.63, 3.8) is 0 Å². The van der Waals surface area contributed by atoms with E-state index in [-0.39, 0.29) is 0 Å². The summed E-state index contributed by atoms with van der Waals surface area (Å²) in [6, 6.07) is 10.7. The predicted molar refractivity (Wildman–Crippen MR) is 107 cm³/mol. The van der Waals surface area contributed by atoms with Crippen LogP contribution in [0.2, 0.25) is 5.02 Å². The maximum Gasteiger partial charge on any atom is 0.0920 e. The van der Waals surface area contributed by atoms with E-state index < -0.39 is 0 Å². The third kappa shape index (κ3) is 2.84. The van der Waals surface area contributed by atoms with Crippen molar-refractivity contribution in [1.29, 1.82) is 0 Å². The van der Waals surface area contributed by atoms with Crippen molar-refractivity contribution in [3.8, 4) is 10.6 Å². The number of aromatic nitrogens is 2. The zero-order chi connectivity index (χ0) is 17.5. The van der Waals surface area contributed by atoms with Crippen molar-refractivity contribution in [2.24, 2.45) is 0 Å². The van der Waals surface area contributed by atoms with Gasteiger partial charge < -0.3 is 9.64 Å². The maximum atomic E-state index is 6.11. The number of aryl methyl sites for hydroxylation is 1. The molecular weight excluding hydrogens is 366 g/mol. The van der Waals surface area contributed by atoms with E-state index in [1.807, 2.05) is 29.7 Å². The highest BCUT2D eigenvalue weighted by atomic mass is 35.5. The lowest BCUT2D eigenvalue weighted by atomic mass is 9.89. The third-order valence-corrected chi connectivity index (χ3v) is 6.85. The van der Waals surface area contributed by atoms with E-state index in [0.717, 1.165) is 44.2 Å². The number of nitrogens with zero attached hydrogens (tertiary/aromatic N) is 2. The SMILES string of the molecule is Clc1ccc(C2CCc3cn[nH]c3-c3sc(N4CCOCC4)cc32)cc1. The van der Waals surface area contributed by atoms with E-state index in [2.05, 4.69) is 33.3 Å². The Morgan fingerprint density at radius 1 is 1.19 bits per heavy atom. The first-order chi connectivity index (χ1) is 12.8. The number of halogens is 1. The molecule has 1 aliphatic heterocycles. The van der Waals surface area contributed by atoms with Crippen LogP contribution in [0.3, 0.4) is 0 Å². The highest BCUT2D eigenvalue weighted by molar-refractivity contribution is 7.19. The van der Waals surface area contributed by atoms with Gasteiger partial charge in [0.1, 0.15) is 0 Å². The van der Waals surface area contributed by atoms with Gasteiger partial charge in [0.15, 0.2) is 0 Å². The summed E-state index contributed by atoms with van der Waals surface area (Å²) in [5.74, 6) is 0.383. The molecule has 1 unspecified atom stereocenters. The highest BCUT2D eigenvalue weighted by Gasteiger charge is 2.28. The smallest absolute Gasteiger partial charge is 0.0920 e. The monoisotopic (exact) mass is 385 g/mol. The molecule has 2 aromatic heterocycles. The molecule has 6 heteroatoms. The van der Waals surface area contributed by atoms with Gasteiger partial charge in [-0.05, 0) is 47.7 Å². The number of thiophene rings is 1. The number of nitrogens with one attached hydrogen (secondary N) is 1. The van der Waals surface area contributed by atoms with Crippen LogP contribution >= 0.6 is 22.9 Å². The molecule has 1 saturated heterocycles. The largest absolute Gasteiger partial charge is 0.378 e. The molecule has 1 fully saturated rings. The lowest BCUT2D eigenvalue weighted by molar-refractivity contribution is 0.123. The number of aromatic amines is 1. The minimum absolute atomic E-state index is 0.383. The molecule has 2 aliphatic rings. The van der Waals surface area contributed by atoms with Gasteiger partial charge in [-0.1, -0.05) is 23.7 Å². The first-order valence-electron chi connectivity index (χ1n) is 9.04. The fourth-order valence-corrected chi connectivity index (χ4v) is 5.41. The van der Waals surface area contributed by atoms with Crippen molar-refractivity contribution >= 4 is 27.9 Å². The summed E-state index contributed by atoms with van der Waals surface area (Å²) in [7, 11) is 0. The first kappa shape index (κ1) is 16.4. The Labute approximate surface area is 161 Å². The molecule has 3 heterocycles. The number of H-pyrrole nitrogens is 1. The number of ether oxygens (including phenoxy) is 1. The number of benzene rings is 1. The molecule has 5 rings (SSSR count). The summed E-state index contributed by atoms with van der Waals surface area (Å²) in [4.78, 5) is 3.77. The van der Waals surface area contributed by atoms with Gasteiger partial charge in [-0.15, -0.1) is 11.3 Å². The molecule has 0 bridgehead atoms. The normalized spacial score (nSPS) is 19.7. The van der Waals surface area contributed by atoms with Crippen molar-refractivity contribution in [2.45, 2.75) is 18.8 Å². The van der Waals surface area contributed by atoms with Gasteiger partial charge in [0.25, 0.3) is 0 Å². The van der Waals surface area contributed by atoms with E-state index in [1.54, 1.807) is 0 Å². The fraction of sp³-hybridized carbons (Fsp3) is 0.350. The van der Waals surface area contributed by atoms with Crippen LogP contribution < -0.4 is 4.90 Å². The third-order valence-electron chi connectivity index (χ3n) is 5.37. The zero-order valence-electron chi connectivity index (χ0n) is 14.4. The Bertz CT molecular complexity index is 912. The fourth-order valence-electron chi connectivity index (χ4n) is 3.98. The van der Waals surface area contributed by atoms with Gasteiger partial charge in [-0.3, -0.25) is 5.10 Å². The highest BCUT2D eigenvalue weighted by Crippen LogP contribution is 2.47. The van der Waals surface area contributed by atoms with Crippen LogP contribution in [-0.2, 0) is 11.2 Å². The van der Waals surface area contributed by atoms with Crippen molar-refractivity contribution < 1.29 is 4.74 Å². The van der Waals surface area contributed by atoms with Gasteiger partial charge in [0.2, 0.25) is 0 Å². The Kier molecular flexibility index (Phi) is 4.23. The van der Waals surface area contributed by atoms with Crippen LogP contribution in [0.25, 0.3) is 10.6 Å². The van der Waals surface area contributed by atoms with Crippen molar-refractivity contribution in [1.82, 2.24) is 10.2 Å². The van der Waals surface area contributed by atoms with Crippen LogP contribution in [0.1, 0.15) is 29.0 Å². The maximum absolute atomic E-state index is 6.11. The molecule has 0 saturated carbocycles. The van der Waals surface area contributed by atoms with Crippen LogP contribution in [0, 0.1) is 0 Å². The second-order valence-electron chi connectivity index (χ2n) is 6.88.